The Labute approximate surface area is 93.1 Å². The molecule has 1 rings (SSSR count). The predicted molar refractivity (Wildman–Crippen MR) is 64.2 cm³/mol. The Morgan fingerprint density at radius 2 is 2.50 bits per heavy atom. The first-order valence-electron chi connectivity index (χ1n) is 4.61. The third kappa shape index (κ3) is 3.35. The summed E-state index contributed by atoms with van der Waals surface area (Å²) in [4.78, 5) is 12.4. The molecule has 0 aliphatic carbocycles. The molecule has 0 aliphatic rings. The van der Waals surface area contributed by atoms with Crippen LogP contribution in [0, 0.1) is 0 Å². The zero-order chi connectivity index (χ0) is 10.4. The highest BCUT2D eigenvalue weighted by atomic mass is 32.2. The summed E-state index contributed by atoms with van der Waals surface area (Å²) in [7, 11) is 0. The van der Waals surface area contributed by atoms with Crippen molar-refractivity contribution in [3.05, 3.63) is 22.4 Å². The minimum atomic E-state index is 0.0564. The van der Waals surface area contributed by atoms with E-state index >= 15 is 0 Å². The van der Waals surface area contributed by atoms with Gasteiger partial charge in [0.15, 0.2) is 0 Å². The largest absolute Gasteiger partial charge is 0.348 e. The molecule has 1 N–H and O–H groups in total. The standard InChI is InChI=1S/C10H15NOS2/c1-3-8(7-13-2)11-10(12)9-5-4-6-14-9/h4-6,8H,3,7H2,1-2H3,(H,11,12). The van der Waals surface area contributed by atoms with Crippen LogP contribution in [-0.2, 0) is 0 Å². The summed E-state index contributed by atoms with van der Waals surface area (Å²) in [6.45, 7) is 2.09. The summed E-state index contributed by atoms with van der Waals surface area (Å²) in [5, 5.41) is 4.94. The lowest BCUT2D eigenvalue weighted by Gasteiger charge is -2.14. The Morgan fingerprint density at radius 3 is 3.00 bits per heavy atom. The van der Waals surface area contributed by atoms with Gasteiger partial charge in [0.05, 0.1) is 4.88 Å². The number of thiophene rings is 1. The van der Waals surface area contributed by atoms with Crippen molar-refractivity contribution < 1.29 is 4.79 Å². The van der Waals surface area contributed by atoms with Crippen LogP contribution in [0.15, 0.2) is 17.5 Å². The first kappa shape index (κ1) is 11.6. The fourth-order valence-electron chi connectivity index (χ4n) is 1.13. The molecule has 4 heteroatoms. The van der Waals surface area contributed by atoms with Crippen molar-refractivity contribution in [2.24, 2.45) is 0 Å². The molecule has 14 heavy (non-hydrogen) atoms. The second kappa shape index (κ2) is 6.09. The minimum Gasteiger partial charge on any atom is -0.348 e. The molecule has 0 saturated carbocycles. The summed E-state index contributed by atoms with van der Waals surface area (Å²) in [6, 6.07) is 4.04. The van der Waals surface area contributed by atoms with Crippen molar-refractivity contribution in [1.82, 2.24) is 5.32 Å². The molecule has 78 valence electrons. The number of hydrogen-bond acceptors (Lipinski definition) is 3. The van der Waals surface area contributed by atoms with Crippen molar-refractivity contribution in [3.63, 3.8) is 0 Å². The molecular formula is C10H15NOS2. The van der Waals surface area contributed by atoms with Crippen LogP contribution in [0.1, 0.15) is 23.0 Å². The maximum absolute atomic E-state index is 11.6. The van der Waals surface area contributed by atoms with E-state index in [1.54, 1.807) is 11.8 Å². The van der Waals surface area contributed by atoms with Gasteiger partial charge >= 0.3 is 0 Å². The number of thioether (sulfide) groups is 1. The lowest BCUT2D eigenvalue weighted by atomic mass is 10.2. The van der Waals surface area contributed by atoms with Crippen LogP contribution in [0.5, 0.6) is 0 Å². The quantitative estimate of drug-likeness (QED) is 0.841. The van der Waals surface area contributed by atoms with Crippen molar-refractivity contribution in [1.29, 1.82) is 0 Å². The van der Waals surface area contributed by atoms with E-state index in [0.29, 0.717) is 6.04 Å². The van der Waals surface area contributed by atoms with Gasteiger partial charge in [-0.1, -0.05) is 13.0 Å². The van der Waals surface area contributed by atoms with E-state index in [4.69, 9.17) is 0 Å². The molecule has 1 aromatic heterocycles. The monoisotopic (exact) mass is 229 g/mol. The van der Waals surface area contributed by atoms with Crippen molar-refractivity contribution in [2.75, 3.05) is 12.0 Å². The van der Waals surface area contributed by atoms with Crippen LogP contribution in [-0.4, -0.2) is 24.0 Å². The Bertz CT molecular complexity index is 272. The zero-order valence-corrected chi connectivity index (χ0v) is 10.1. The molecule has 1 unspecified atom stereocenters. The number of carbonyl (C=O) groups excluding carboxylic acids is 1. The van der Waals surface area contributed by atoms with E-state index in [9.17, 15) is 4.79 Å². The van der Waals surface area contributed by atoms with Gasteiger partial charge in [-0.2, -0.15) is 11.8 Å². The highest BCUT2D eigenvalue weighted by Crippen LogP contribution is 2.09. The molecule has 0 saturated heterocycles. The van der Waals surface area contributed by atoms with Gasteiger partial charge in [0.25, 0.3) is 5.91 Å². The lowest BCUT2D eigenvalue weighted by Crippen LogP contribution is -2.35. The SMILES string of the molecule is CCC(CSC)NC(=O)c1cccs1. The van der Waals surface area contributed by atoms with Crippen molar-refractivity contribution in [2.45, 2.75) is 19.4 Å². The topological polar surface area (TPSA) is 29.1 Å². The third-order valence-corrected chi connectivity index (χ3v) is 3.55. The third-order valence-electron chi connectivity index (χ3n) is 1.94. The molecule has 0 fully saturated rings. The van der Waals surface area contributed by atoms with E-state index in [2.05, 4.69) is 18.5 Å². The smallest absolute Gasteiger partial charge is 0.261 e. The van der Waals surface area contributed by atoms with Crippen LogP contribution in [0.4, 0.5) is 0 Å². The van der Waals surface area contributed by atoms with Crippen LogP contribution >= 0.6 is 23.1 Å². The molecule has 0 bridgehead atoms. The second-order valence-corrected chi connectivity index (χ2v) is 4.87. The Kier molecular flexibility index (Phi) is 5.04. The molecule has 1 aromatic rings. The Balaban J connectivity index is 2.47. The van der Waals surface area contributed by atoms with E-state index in [0.717, 1.165) is 17.1 Å². The van der Waals surface area contributed by atoms with E-state index in [-0.39, 0.29) is 5.91 Å². The maximum Gasteiger partial charge on any atom is 0.261 e. The van der Waals surface area contributed by atoms with Gasteiger partial charge in [-0.3, -0.25) is 4.79 Å². The summed E-state index contributed by atoms with van der Waals surface area (Å²) in [5.41, 5.74) is 0. The summed E-state index contributed by atoms with van der Waals surface area (Å²) in [6.07, 6.45) is 3.04. The molecule has 0 aromatic carbocycles. The van der Waals surface area contributed by atoms with Crippen molar-refractivity contribution in [3.8, 4) is 0 Å². The fourth-order valence-corrected chi connectivity index (χ4v) is 2.48. The second-order valence-electron chi connectivity index (χ2n) is 3.01. The van der Waals surface area contributed by atoms with Crippen LogP contribution < -0.4 is 5.32 Å². The molecular weight excluding hydrogens is 214 g/mol. The van der Waals surface area contributed by atoms with Gasteiger partial charge in [-0.05, 0) is 24.1 Å². The minimum absolute atomic E-state index is 0.0564. The fraction of sp³-hybridized carbons (Fsp3) is 0.500. The van der Waals surface area contributed by atoms with Crippen molar-refractivity contribution >= 4 is 29.0 Å². The molecule has 0 spiro atoms. The average Bonchev–Trinajstić information content (AvgIpc) is 2.69. The summed E-state index contributed by atoms with van der Waals surface area (Å²) in [5.74, 6) is 1.04. The van der Waals surface area contributed by atoms with E-state index in [1.165, 1.54) is 11.3 Å². The van der Waals surface area contributed by atoms with Crippen LogP contribution in [0.3, 0.4) is 0 Å². The Morgan fingerprint density at radius 1 is 1.71 bits per heavy atom. The number of carbonyl (C=O) groups is 1. The van der Waals surface area contributed by atoms with Crippen LogP contribution in [0.2, 0.25) is 0 Å². The molecule has 1 amide bonds. The summed E-state index contributed by atoms with van der Waals surface area (Å²) >= 11 is 3.24. The molecule has 2 nitrogen and oxygen atoms in total. The Hall–Kier alpha value is -0.480. The number of rotatable bonds is 5. The first-order chi connectivity index (χ1) is 6.77. The number of nitrogens with one attached hydrogen (secondary N) is 1. The highest BCUT2D eigenvalue weighted by Gasteiger charge is 2.11. The molecule has 1 atom stereocenters. The molecule has 0 aliphatic heterocycles. The van der Waals surface area contributed by atoms with E-state index < -0.39 is 0 Å². The summed E-state index contributed by atoms with van der Waals surface area (Å²) < 4.78 is 0. The number of hydrogen-bond donors (Lipinski definition) is 1. The predicted octanol–water partition coefficient (Wildman–Crippen LogP) is 2.62. The van der Waals surface area contributed by atoms with Gasteiger partial charge in [-0.25, -0.2) is 0 Å². The van der Waals surface area contributed by atoms with Crippen LogP contribution in [0.25, 0.3) is 0 Å². The van der Waals surface area contributed by atoms with E-state index in [1.807, 2.05) is 17.5 Å². The van der Waals surface area contributed by atoms with Gasteiger partial charge in [0, 0.05) is 11.8 Å². The van der Waals surface area contributed by atoms with Gasteiger partial charge < -0.3 is 5.32 Å². The lowest BCUT2D eigenvalue weighted by molar-refractivity contribution is 0.0944. The first-order valence-corrected chi connectivity index (χ1v) is 6.88. The van der Waals surface area contributed by atoms with Gasteiger partial charge in [-0.15, -0.1) is 11.3 Å². The molecule has 1 heterocycles. The maximum atomic E-state index is 11.6. The molecule has 0 radical (unpaired) electrons. The van der Waals surface area contributed by atoms with Gasteiger partial charge in [0.2, 0.25) is 0 Å². The normalized spacial score (nSPS) is 12.4. The highest BCUT2D eigenvalue weighted by molar-refractivity contribution is 7.98. The average molecular weight is 229 g/mol. The zero-order valence-electron chi connectivity index (χ0n) is 8.45. The number of amides is 1. The van der Waals surface area contributed by atoms with Gasteiger partial charge in [0.1, 0.15) is 0 Å².